The van der Waals surface area contributed by atoms with Crippen molar-refractivity contribution in [2.45, 2.75) is 33.4 Å². The molecule has 6 aromatic rings. The van der Waals surface area contributed by atoms with Crippen LogP contribution < -0.4 is 4.74 Å². The van der Waals surface area contributed by atoms with E-state index in [-0.39, 0.29) is 12.7 Å². The van der Waals surface area contributed by atoms with Crippen LogP contribution in [0.5, 0.6) is 5.75 Å². The minimum absolute atomic E-state index is 0.262. The number of ether oxygens (including phenoxy) is 2. The molecule has 0 saturated carbocycles. The van der Waals surface area contributed by atoms with E-state index in [0.717, 1.165) is 67.1 Å². The summed E-state index contributed by atoms with van der Waals surface area (Å²) in [4.78, 5) is 19.5. The van der Waals surface area contributed by atoms with Gasteiger partial charge in [-0.25, -0.2) is 4.79 Å². The van der Waals surface area contributed by atoms with Crippen LogP contribution in [-0.4, -0.2) is 38.7 Å². The molecule has 0 fully saturated rings. The zero-order valence-corrected chi connectivity index (χ0v) is 22.1. The number of nitrogens with one attached hydrogen (secondary N) is 1. The maximum atomic E-state index is 13.1. The lowest BCUT2D eigenvalue weighted by atomic mass is 9.98. The van der Waals surface area contributed by atoms with Crippen LogP contribution in [0.3, 0.4) is 0 Å². The van der Waals surface area contributed by atoms with Gasteiger partial charge in [-0.1, -0.05) is 56.3 Å². The summed E-state index contributed by atoms with van der Waals surface area (Å²) in [5.74, 6) is 1.24. The maximum absolute atomic E-state index is 13.1. The molecule has 7 heteroatoms. The van der Waals surface area contributed by atoms with Crippen LogP contribution in [0.1, 0.15) is 30.7 Å². The largest absolute Gasteiger partial charge is 0.491 e. The van der Waals surface area contributed by atoms with E-state index in [1.54, 1.807) is 4.90 Å². The van der Waals surface area contributed by atoms with Crippen LogP contribution in [0.25, 0.3) is 38.1 Å². The molecule has 0 atom stereocenters. The van der Waals surface area contributed by atoms with E-state index in [1.165, 1.54) is 0 Å². The highest BCUT2D eigenvalue weighted by atomic mass is 16.6. The highest BCUT2D eigenvalue weighted by Gasteiger charge is 2.28. The van der Waals surface area contributed by atoms with Crippen LogP contribution in [0.15, 0.2) is 72.9 Å². The van der Waals surface area contributed by atoms with Crippen LogP contribution in [0.4, 0.5) is 4.79 Å². The molecule has 1 amide bonds. The van der Waals surface area contributed by atoms with Gasteiger partial charge in [0.25, 0.3) is 0 Å². The number of para-hydroxylation sites is 1. The van der Waals surface area contributed by atoms with Gasteiger partial charge >= 0.3 is 6.09 Å². The smallest absolute Gasteiger partial charge is 0.410 e. The highest BCUT2D eigenvalue weighted by Crippen LogP contribution is 2.40. The fourth-order valence-electron chi connectivity index (χ4n) is 5.74. The van der Waals surface area contributed by atoms with Crippen molar-refractivity contribution in [3.05, 3.63) is 89.7 Å². The molecule has 1 aliphatic rings. The monoisotopic (exact) mass is 518 g/mol. The molecular weight excluding hydrogens is 488 g/mol. The molecule has 0 saturated heterocycles. The second kappa shape index (κ2) is 9.34. The topological polar surface area (TPSA) is 71.9 Å². The number of hydrogen-bond acceptors (Lipinski definition) is 4. The summed E-state index contributed by atoms with van der Waals surface area (Å²) < 4.78 is 14.2. The molecule has 0 spiro atoms. The number of hydrogen-bond donors (Lipinski definition) is 1. The SMILES string of the molecule is CC(C)COc1cccc2c3c4ccnc4ccc3c3c4c([nH]n3c12)CCN(C(=O)OCc1ccccc1)C4. The van der Waals surface area contributed by atoms with Gasteiger partial charge in [0.05, 0.1) is 24.2 Å². The second-order valence-corrected chi connectivity index (χ2v) is 10.7. The molecule has 0 bridgehead atoms. The van der Waals surface area contributed by atoms with Crippen molar-refractivity contribution < 1.29 is 14.3 Å². The van der Waals surface area contributed by atoms with E-state index in [0.29, 0.717) is 25.6 Å². The Morgan fingerprint density at radius 3 is 2.67 bits per heavy atom. The second-order valence-electron chi connectivity index (χ2n) is 10.7. The number of fused-ring (bicyclic) bond motifs is 10. The summed E-state index contributed by atoms with van der Waals surface area (Å²) >= 11 is 0. The van der Waals surface area contributed by atoms with Gasteiger partial charge in [0.1, 0.15) is 17.9 Å². The van der Waals surface area contributed by atoms with Crippen molar-refractivity contribution in [1.29, 1.82) is 0 Å². The van der Waals surface area contributed by atoms with Gasteiger partial charge < -0.3 is 14.4 Å². The number of carbonyl (C=O) groups excluding carboxylic acids is 1. The molecule has 0 unspecified atom stereocenters. The molecule has 3 aromatic carbocycles. The number of pyridine rings is 1. The molecule has 0 radical (unpaired) electrons. The van der Waals surface area contributed by atoms with Crippen molar-refractivity contribution in [3.8, 4) is 5.75 Å². The average Bonchev–Trinajstić information content (AvgIpc) is 3.59. The number of nitrogens with zero attached hydrogens (tertiary/aromatic N) is 3. The quantitative estimate of drug-likeness (QED) is 0.253. The minimum Gasteiger partial charge on any atom is -0.491 e. The lowest BCUT2D eigenvalue weighted by Gasteiger charge is -2.26. The first kappa shape index (κ1) is 23.6. The number of aromatic nitrogens is 3. The van der Waals surface area contributed by atoms with E-state index >= 15 is 0 Å². The van der Waals surface area contributed by atoms with Gasteiger partial charge in [0.15, 0.2) is 0 Å². The van der Waals surface area contributed by atoms with Gasteiger partial charge in [-0.15, -0.1) is 0 Å². The van der Waals surface area contributed by atoms with E-state index in [9.17, 15) is 4.79 Å². The Balaban J connectivity index is 1.38. The predicted octanol–water partition coefficient (Wildman–Crippen LogP) is 6.85. The Morgan fingerprint density at radius 2 is 1.82 bits per heavy atom. The Kier molecular flexibility index (Phi) is 5.65. The third kappa shape index (κ3) is 3.96. The summed E-state index contributed by atoms with van der Waals surface area (Å²) in [7, 11) is 0. The Hall–Kier alpha value is -4.52. The fraction of sp³-hybridized carbons (Fsp3) is 0.250. The van der Waals surface area contributed by atoms with E-state index < -0.39 is 0 Å². The van der Waals surface area contributed by atoms with E-state index in [2.05, 4.69) is 58.8 Å². The first-order chi connectivity index (χ1) is 19.1. The van der Waals surface area contributed by atoms with Gasteiger partial charge in [0, 0.05) is 52.0 Å². The molecule has 7 nitrogen and oxygen atoms in total. The van der Waals surface area contributed by atoms with Crippen molar-refractivity contribution >= 4 is 44.2 Å². The summed E-state index contributed by atoms with van der Waals surface area (Å²) in [6.07, 6.45) is 2.29. The van der Waals surface area contributed by atoms with E-state index in [1.807, 2.05) is 42.6 Å². The number of H-pyrrole nitrogens is 1. The first-order valence-corrected chi connectivity index (χ1v) is 13.5. The Labute approximate surface area is 225 Å². The molecule has 7 rings (SSSR count). The lowest BCUT2D eigenvalue weighted by molar-refractivity contribution is 0.0919. The summed E-state index contributed by atoms with van der Waals surface area (Å²) in [6, 6.07) is 22.4. The minimum atomic E-state index is -0.294. The molecule has 4 heterocycles. The molecular formula is C32H30N4O3. The number of amides is 1. The summed E-state index contributed by atoms with van der Waals surface area (Å²) in [5, 5.41) is 8.19. The van der Waals surface area contributed by atoms with Crippen LogP contribution in [0.2, 0.25) is 0 Å². The average molecular weight is 519 g/mol. The molecule has 196 valence electrons. The Bertz CT molecular complexity index is 1850. The molecule has 1 aliphatic heterocycles. The van der Waals surface area contributed by atoms with Gasteiger partial charge in [-0.3, -0.25) is 14.6 Å². The molecule has 0 aliphatic carbocycles. The third-order valence-corrected chi connectivity index (χ3v) is 7.56. The van der Waals surface area contributed by atoms with Crippen LogP contribution >= 0.6 is 0 Å². The number of aromatic amines is 1. The zero-order chi connectivity index (χ0) is 26.5. The number of carbonyl (C=O) groups is 1. The highest BCUT2D eigenvalue weighted by molar-refractivity contribution is 6.24. The summed E-state index contributed by atoms with van der Waals surface area (Å²) in [5.41, 5.74) is 6.26. The number of benzene rings is 3. The normalized spacial score (nSPS) is 13.6. The van der Waals surface area contributed by atoms with Crippen LogP contribution in [0, 0.1) is 5.92 Å². The van der Waals surface area contributed by atoms with Crippen molar-refractivity contribution in [3.63, 3.8) is 0 Å². The van der Waals surface area contributed by atoms with E-state index in [4.69, 9.17) is 9.47 Å². The maximum Gasteiger partial charge on any atom is 0.410 e. The van der Waals surface area contributed by atoms with Gasteiger partial charge in [-0.2, -0.15) is 0 Å². The molecule has 39 heavy (non-hydrogen) atoms. The van der Waals surface area contributed by atoms with Crippen molar-refractivity contribution in [2.24, 2.45) is 5.92 Å². The predicted molar refractivity (Wildman–Crippen MR) is 153 cm³/mol. The van der Waals surface area contributed by atoms with Gasteiger partial charge in [0.2, 0.25) is 0 Å². The van der Waals surface area contributed by atoms with Gasteiger partial charge in [-0.05, 0) is 35.7 Å². The Morgan fingerprint density at radius 1 is 0.974 bits per heavy atom. The third-order valence-electron chi connectivity index (χ3n) is 7.56. The van der Waals surface area contributed by atoms with Crippen molar-refractivity contribution in [1.82, 2.24) is 19.5 Å². The summed E-state index contributed by atoms with van der Waals surface area (Å²) in [6.45, 7) is 6.27. The lowest BCUT2D eigenvalue weighted by Crippen LogP contribution is -2.36. The zero-order valence-electron chi connectivity index (χ0n) is 22.1. The fourth-order valence-corrected chi connectivity index (χ4v) is 5.74. The van der Waals surface area contributed by atoms with Crippen molar-refractivity contribution in [2.75, 3.05) is 13.2 Å². The molecule has 1 N–H and O–H groups in total. The standard InChI is InChI=1S/C32H30N4O3/c1-20(2)18-38-28-10-6-9-23-29-22-13-15-33-26(22)12-11-24(29)30-25-17-35(16-14-27(25)34-36(30)31(23)28)32(37)39-19-21-7-4-3-5-8-21/h3-13,15,20,34H,14,16-19H2,1-2H3. The number of rotatable bonds is 5. The molecule has 3 aromatic heterocycles. The first-order valence-electron chi connectivity index (χ1n) is 13.5. The van der Waals surface area contributed by atoms with Crippen LogP contribution in [-0.2, 0) is 24.3 Å².